The minimum absolute atomic E-state index is 0.855. The predicted octanol–water partition coefficient (Wildman–Crippen LogP) is 1.89. The minimum Gasteiger partial charge on any atom is -0.349 e. The third kappa shape index (κ3) is 1.77. The van der Waals surface area contributed by atoms with Gasteiger partial charge in [-0.15, -0.1) is 0 Å². The van der Waals surface area contributed by atoms with Crippen LogP contribution in [0.25, 0.3) is 0 Å². The van der Waals surface area contributed by atoms with Crippen LogP contribution in [-0.4, -0.2) is 22.4 Å². The van der Waals surface area contributed by atoms with Gasteiger partial charge in [0.1, 0.15) is 5.84 Å². The first-order chi connectivity index (χ1) is 8.70. The summed E-state index contributed by atoms with van der Waals surface area (Å²) in [6.45, 7) is 2.90. The van der Waals surface area contributed by atoms with Crippen LogP contribution < -0.4 is 5.43 Å². The number of aryl methyl sites for hydroxylation is 1. The van der Waals surface area contributed by atoms with Crippen LogP contribution in [0.3, 0.4) is 0 Å². The van der Waals surface area contributed by atoms with Gasteiger partial charge in [-0.3, -0.25) is 5.43 Å². The topological polar surface area (TPSA) is 47.9 Å². The van der Waals surface area contributed by atoms with Crippen LogP contribution in [-0.2, 0) is 5.85 Å². The molecule has 3 rings (SSSR count). The average Bonchev–Trinajstić information content (AvgIpc) is 2.57. The van der Waals surface area contributed by atoms with E-state index < -0.39 is 5.85 Å². The number of hydrogen-bond donors (Lipinski definition) is 2. The summed E-state index contributed by atoms with van der Waals surface area (Å²) >= 11 is 0. The first kappa shape index (κ1) is 11.5. The van der Waals surface area contributed by atoms with Crippen molar-refractivity contribution < 1.29 is 5.11 Å². The van der Waals surface area contributed by atoms with Crippen LogP contribution in [0.1, 0.15) is 36.8 Å². The lowest BCUT2D eigenvalue weighted by Gasteiger charge is -2.34. The van der Waals surface area contributed by atoms with E-state index in [2.05, 4.69) is 10.5 Å². The van der Waals surface area contributed by atoms with Gasteiger partial charge in [0.25, 0.3) is 5.85 Å². The highest BCUT2D eigenvalue weighted by Gasteiger charge is 2.42. The standard InChI is InChI=1S/C14H19N3O/c1-11-6-8-12(9-7-11)14(18)16-15-13-5-3-2-4-10-17(13)14/h6-9,16,18H,2-5,10H2,1H3/t14-/m1/s1. The number of hydrogen-bond acceptors (Lipinski definition) is 4. The SMILES string of the molecule is Cc1ccc([C@@]2(O)NN=C3CCCCCN32)cc1. The minimum atomic E-state index is -1.16. The zero-order valence-corrected chi connectivity index (χ0v) is 10.7. The van der Waals surface area contributed by atoms with Crippen LogP contribution in [0.4, 0.5) is 0 Å². The molecule has 2 heterocycles. The number of aliphatic hydroxyl groups is 1. The molecular weight excluding hydrogens is 226 g/mol. The molecule has 0 aromatic heterocycles. The third-order valence-electron chi connectivity index (χ3n) is 3.78. The van der Waals surface area contributed by atoms with E-state index >= 15 is 0 Å². The van der Waals surface area contributed by atoms with Gasteiger partial charge in [0.15, 0.2) is 0 Å². The number of nitrogens with zero attached hydrogens (tertiary/aromatic N) is 2. The Morgan fingerprint density at radius 1 is 1.22 bits per heavy atom. The molecule has 1 saturated heterocycles. The first-order valence-electron chi connectivity index (χ1n) is 6.61. The maximum atomic E-state index is 10.9. The van der Waals surface area contributed by atoms with Gasteiger partial charge in [0, 0.05) is 18.5 Å². The van der Waals surface area contributed by atoms with Crippen molar-refractivity contribution in [3.63, 3.8) is 0 Å². The Balaban J connectivity index is 1.93. The molecule has 4 heteroatoms. The van der Waals surface area contributed by atoms with Gasteiger partial charge < -0.3 is 10.0 Å². The summed E-state index contributed by atoms with van der Waals surface area (Å²) in [5.41, 5.74) is 4.96. The van der Waals surface area contributed by atoms with E-state index in [9.17, 15) is 5.11 Å². The van der Waals surface area contributed by atoms with E-state index in [1.807, 2.05) is 36.1 Å². The van der Waals surface area contributed by atoms with E-state index in [0.717, 1.165) is 37.2 Å². The normalized spacial score (nSPS) is 27.2. The van der Waals surface area contributed by atoms with Gasteiger partial charge in [0.05, 0.1) is 0 Å². The highest BCUT2D eigenvalue weighted by Crippen LogP contribution is 2.31. The van der Waals surface area contributed by atoms with Crippen molar-refractivity contribution in [2.24, 2.45) is 5.10 Å². The Morgan fingerprint density at radius 2 is 2.00 bits per heavy atom. The van der Waals surface area contributed by atoms with Crippen LogP contribution in [0.2, 0.25) is 0 Å². The Morgan fingerprint density at radius 3 is 2.78 bits per heavy atom. The highest BCUT2D eigenvalue weighted by atomic mass is 16.3. The molecule has 0 saturated carbocycles. The quantitative estimate of drug-likeness (QED) is 0.794. The number of rotatable bonds is 1. The predicted molar refractivity (Wildman–Crippen MR) is 70.8 cm³/mol. The lowest BCUT2D eigenvalue weighted by atomic mass is 10.1. The van der Waals surface area contributed by atoms with Crippen molar-refractivity contribution in [3.05, 3.63) is 35.4 Å². The van der Waals surface area contributed by atoms with E-state index in [-0.39, 0.29) is 0 Å². The van der Waals surface area contributed by atoms with E-state index in [1.165, 1.54) is 12.0 Å². The fourth-order valence-corrected chi connectivity index (χ4v) is 2.67. The van der Waals surface area contributed by atoms with Gasteiger partial charge in [-0.1, -0.05) is 36.2 Å². The fourth-order valence-electron chi connectivity index (χ4n) is 2.67. The molecule has 0 spiro atoms. The van der Waals surface area contributed by atoms with Crippen molar-refractivity contribution in [2.45, 2.75) is 38.5 Å². The van der Waals surface area contributed by atoms with Crippen LogP contribution in [0.5, 0.6) is 0 Å². The molecule has 0 amide bonds. The van der Waals surface area contributed by atoms with Gasteiger partial charge in [-0.05, 0) is 19.8 Å². The summed E-state index contributed by atoms with van der Waals surface area (Å²) in [4.78, 5) is 2.00. The van der Waals surface area contributed by atoms with Crippen LogP contribution in [0.15, 0.2) is 29.4 Å². The maximum absolute atomic E-state index is 10.9. The molecule has 1 atom stereocenters. The Bertz CT molecular complexity index is 468. The van der Waals surface area contributed by atoms with Gasteiger partial charge in [-0.2, -0.15) is 5.10 Å². The number of nitrogens with one attached hydrogen (secondary N) is 1. The number of benzene rings is 1. The van der Waals surface area contributed by atoms with Gasteiger partial charge >= 0.3 is 0 Å². The molecule has 1 fully saturated rings. The van der Waals surface area contributed by atoms with Crippen molar-refractivity contribution in [3.8, 4) is 0 Å². The summed E-state index contributed by atoms with van der Waals surface area (Å²) < 4.78 is 0. The average molecular weight is 245 g/mol. The van der Waals surface area contributed by atoms with Crippen molar-refractivity contribution in [1.29, 1.82) is 0 Å². The van der Waals surface area contributed by atoms with Crippen molar-refractivity contribution >= 4 is 5.84 Å². The number of amidine groups is 1. The molecule has 2 N–H and O–H groups in total. The van der Waals surface area contributed by atoms with E-state index in [4.69, 9.17) is 0 Å². The third-order valence-corrected chi connectivity index (χ3v) is 3.78. The molecule has 1 aromatic rings. The second-order valence-corrected chi connectivity index (χ2v) is 5.14. The Hall–Kier alpha value is -1.55. The summed E-state index contributed by atoms with van der Waals surface area (Å²) in [6, 6.07) is 7.97. The summed E-state index contributed by atoms with van der Waals surface area (Å²) in [6.07, 6.45) is 4.41. The van der Waals surface area contributed by atoms with E-state index in [0.29, 0.717) is 0 Å². The fraction of sp³-hybridized carbons (Fsp3) is 0.500. The van der Waals surface area contributed by atoms with Crippen molar-refractivity contribution in [1.82, 2.24) is 10.3 Å². The molecule has 4 nitrogen and oxygen atoms in total. The highest BCUT2D eigenvalue weighted by molar-refractivity contribution is 5.84. The van der Waals surface area contributed by atoms with Gasteiger partial charge in [0.2, 0.25) is 0 Å². The molecule has 0 bridgehead atoms. The monoisotopic (exact) mass is 245 g/mol. The molecule has 2 aliphatic heterocycles. The molecule has 96 valence electrons. The zero-order chi connectivity index (χ0) is 12.6. The Kier molecular flexibility index (Phi) is 2.74. The molecular formula is C14H19N3O. The summed E-state index contributed by atoms with van der Waals surface area (Å²) in [5, 5.41) is 15.2. The van der Waals surface area contributed by atoms with Crippen molar-refractivity contribution in [2.75, 3.05) is 6.54 Å². The maximum Gasteiger partial charge on any atom is 0.260 e. The van der Waals surface area contributed by atoms with Crippen LogP contribution in [0, 0.1) is 6.92 Å². The summed E-state index contributed by atoms with van der Waals surface area (Å²) in [5.74, 6) is -0.177. The lowest BCUT2D eigenvalue weighted by Crippen LogP contribution is -2.51. The van der Waals surface area contributed by atoms with E-state index in [1.54, 1.807) is 0 Å². The molecule has 0 aliphatic carbocycles. The Labute approximate surface area is 107 Å². The second kappa shape index (κ2) is 4.28. The molecule has 0 radical (unpaired) electrons. The second-order valence-electron chi connectivity index (χ2n) is 5.14. The smallest absolute Gasteiger partial charge is 0.260 e. The number of hydrazone groups is 1. The summed E-state index contributed by atoms with van der Waals surface area (Å²) in [7, 11) is 0. The largest absolute Gasteiger partial charge is 0.349 e. The lowest BCUT2D eigenvalue weighted by molar-refractivity contribution is -0.0914. The molecule has 18 heavy (non-hydrogen) atoms. The zero-order valence-electron chi connectivity index (χ0n) is 10.7. The molecule has 0 unspecified atom stereocenters. The molecule has 1 aromatic carbocycles. The first-order valence-corrected chi connectivity index (χ1v) is 6.61. The molecule has 2 aliphatic rings. The number of fused-ring (bicyclic) bond motifs is 1. The van der Waals surface area contributed by atoms with Crippen LogP contribution >= 0.6 is 0 Å². The van der Waals surface area contributed by atoms with Gasteiger partial charge in [-0.25, -0.2) is 0 Å².